The summed E-state index contributed by atoms with van der Waals surface area (Å²) in [6.45, 7) is 3.66. The first-order chi connectivity index (χ1) is 11.5. The molecule has 0 spiro atoms. The second kappa shape index (κ2) is 6.57. The first-order valence-electron chi connectivity index (χ1n) is 7.54. The van der Waals surface area contributed by atoms with Crippen LogP contribution in [0.15, 0.2) is 42.5 Å². The highest BCUT2D eigenvalue weighted by atomic mass is 35.5. The number of benzene rings is 2. The highest BCUT2D eigenvalue weighted by Crippen LogP contribution is 2.36. The van der Waals surface area contributed by atoms with E-state index in [0.717, 1.165) is 0 Å². The second-order valence-corrected chi connectivity index (χ2v) is 5.75. The SMILES string of the molecule is CCOC(=O)c1c(C)nc2ccc(Cl)cc2c1-c1ccccc1F. The summed E-state index contributed by atoms with van der Waals surface area (Å²) in [4.78, 5) is 16.9. The van der Waals surface area contributed by atoms with Gasteiger partial charge in [-0.1, -0.05) is 29.8 Å². The summed E-state index contributed by atoms with van der Waals surface area (Å²) in [6.07, 6.45) is 0. The summed E-state index contributed by atoms with van der Waals surface area (Å²) in [5, 5.41) is 1.10. The fraction of sp³-hybridized carbons (Fsp3) is 0.158. The van der Waals surface area contributed by atoms with Gasteiger partial charge < -0.3 is 4.74 Å². The lowest BCUT2D eigenvalue weighted by atomic mass is 9.94. The molecule has 0 aliphatic rings. The zero-order valence-corrected chi connectivity index (χ0v) is 14.0. The summed E-state index contributed by atoms with van der Waals surface area (Å²) in [5.74, 6) is -0.947. The minimum absolute atomic E-state index is 0.225. The van der Waals surface area contributed by atoms with Crippen molar-refractivity contribution in [3.8, 4) is 11.1 Å². The van der Waals surface area contributed by atoms with Crippen molar-refractivity contribution >= 4 is 28.5 Å². The maximum Gasteiger partial charge on any atom is 0.340 e. The number of pyridine rings is 1. The Labute approximate surface area is 144 Å². The van der Waals surface area contributed by atoms with E-state index in [4.69, 9.17) is 16.3 Å². The second-order valence-electron chi connectivity index (χ2n) is 5.31. The summed E-state index contributed by atoms with van der Waals surface area (Å²) in [6, 6.07) is 11.5. The number of carbonyl (C=O) groups is 1. The molecule has 122 valence electrons. The average Bonchev–Trinajstić information content (AvgIpc) is 2.55. The van der Waals surface area contributed by atoms with Crippen molar-refractivity contribution in [2.75, 3.05) is 6.61 Å². The molecule has 0 aliphatic heterocycles. The number of hydrogen-bond donors (Lipinski definition) is 0. The van der Waals surface area contributed by atoms with Gasteiger partial charge in [0.2, 0.25) is 0 Å². The normalized spacial score (nSPS) is 10.8. The zero-order chi connectivity index (χ0) is 17.3. The van der Waals surface area contributed by atoms with Crippen molar-refractivity contribution in [1.29, 1.82) is 0 Å². The quantitative estimate of drug-likeness (QED) is 0.615. The lowest BCUT2D eigenvalue weighted by molar-refractivity contribution is 0.0526. The molecule has 1 heterocycles. The van der Waals surface area contributed by atoms with Crippen molar-refractivity contribution in [2.24, 2.45) is 0 Å². The predicted octanol–water partition coefficient (Wildman–Crippen LogP) is 5.18. The topological polar surface area (TPSA) is 39.2 Å². The maximum atomic E-state index is 14.5. The minimum Gasteiger partial charge on any atom is -0.462 e. The van der Waals surface area contributed by atoms with Crippen LogP contribution in [0.1, 0.15) is 23.0 Å². The lowest BCUT2D eigenvalue weighted by Gasteiger charge is -2.15. The highest BCUT2D eigenvalue weighted by molar-refractivity contribution is 6.31. The van der Waals surface area contributed by atoms with Crippen LogP contribution in [-0.4, -0.2) is 17.6 Å². The summed E-state index contributed by atoms with van der Waals surface area (Å²) >= 11 is 6.11. The Morgan fingerprint density at radius 2 is 2.00 bits per heavy atom. The summed E-state index contributed by atoms with van der Waals surface area (Å²) in [7, 11) is 0. The van der Waals surface area contributed by atoms with Gasteiger partial charge in [0.05, 0.1) is 23.4 Å². The van der Waals surface area contributed by atoms with E-state index in [1.165, 1.54) is 6.07 Å². The number of carbonyl (C=O) groups excluding carboxylic acids is 1. The third kappa shape index (κ3) is 2.85. The first-order valence-corrected chi connectivity index (χ1v) is 7.92. The van der Waals surface area contributed by atoms with Crippen LogP contribution in [0.4, 0.5) is 4.39 Å². The van der Waals surface area contributed by atoms with E-state index in [2.05, 4.69) is 4.98 Å². The van der Waals surface area contributed by atoms with Crippen LogP contribution < -0.4 is 0 Å². The molecule has 0 fully saturated rings. The Morgan fingerprint density at radius 1 is 1.25 bits per heavy atom. The van der Waals surface area contributed by atoms with Gasteiger partial charge in [0.15, 0.2) is 0 Å². The van der Waals surface area contributed by atoms with Crippen LogP contribution in [0, 0.1) is 12.7 Å². The van der Waals surface area contributed by atoms with Gasteiger partial charge in [-0.2, -0.15) is 0 Å². The number of aromatic nitrogens is 1. The molecule has 3 rings (SSSR count). The number of nitrogens with zero attached hydrogens (tertiary/aromatic N) is 1. The molecule has 24 heavy (non-hydrogen) atoms. The number of ether oxygens (including phenoxy) is 1. The van der Waals surface area contributed by atoms with Gasteiger partial charge in [-0.15, -0.1) is 0 Å². The molecule has 5 heteroatoms. The molecule has 0 saturated carbocycles. The van der Waals surface area contributed by atoms with Crippen LogP contribution in [0.3, 0.4) is 0 Å². The van der Waals surface area contributed by atoms with Crippen molar-refractivity contribution < 1.29 is 13.9 Å². The van der Waals surface area contributed by atoms with Gasteiger partial charge in [-0.25, -0.2) is 9.18 Å². The lowest BCUT2D eigenvalue weighted by Crippen LogP contribution is -2.11. The standard InChI is InChI=1S/C19H15ClFNO2/c1-3-24-19(23)17-11(2)22-16-9-8-12(20)10-14(16)18(17)13-6-4-5-7-15(13)21/h4-10H,3H2,1-2H3. The van der Waals surface area contributed by atoms with Gasteiger partial charge in [0, 0.05) is 21.5 Å². The molecule has 1 aromatic heterocycles. The van der Waals surface area contributed by atoms with E-state index in [1.807, 2.05) is 0 Å². The van der Waals surface area contributed by atoms with Gasteiger partial charge in [-0.3, -0.25) is 4.98 Å². The number of fused-ring (bicyclic) bond motifs is 1. The highest BCUT2D eigenvalue weighted by Gasteiger charge is 2.23. The fourth-order valence-corrected chi connectivity index (χ4v) is 2.93. The molecule has 0 amide bonds. The van der Waals surface area contributed by atoms with Crippen LogP contribution in [0.5, 0.6) is 0 Å². The van der Waals surface area contributed by atoms with E-state index >= 15 is 0 Å². The molecule has 3 nitrogen and oxygen atoms in total. The fourth-order valence-electron chi connectivity index (χ4n) is 2.75. The number of halogens is 2. The minimum atomic E-state index is -0.525. The van der Waals surface area contributed by atoms with Crippen LogP contribution in [0.25, 0.3) is 22.0 Å². The van der Waals surface area contributed by atoms with E-state index < -0.39 is 11.8 Å². The number of aryl methyl sites for hydroxylation is 1. The monoisotopic (exact) mass is 343 g/mol. The molecule has 0 bridgehead atoms. The smallest absolute Gasteiger partial charge is 0.340 e. The molecule has 0 unspecified atom stereocenters. The molecule has 3 aromatic rings. The van der Waals surface area contributed by atoms with Crippen LogP contribution >= 0.6 is 11.6 Å². The Kier molecular flexibility index (Phi) is 4.49. The average molecular weight is 344 g/mol. The summed E-state index contributed by atoms with van der Waals surface area (Å²) in [5.41, 5.74) is 2.16. The third-order valence-corrected chi connectivity index (χ3v) is 3.99. The molecule has 2 aromatic carbocycles. The largest absolute Gasteiger partial charge is 0.462 e. The van der Waals surface area contributed by atoms with Crippen LogP contribution in [0.2, 0.25) is 5.02 Å². The van der Waals surface area contributed by atoms with E-state index in [-0.39, 0.29) is 12.2 Å². The van der Waals surface area contributed by atoms with Gasteiger partial charge in [-0.05, 0) is 38.1 Å². The molecular weight excluding hydrogens is 329 g/mol. The Balaban J connectivity index is 2.45. The molecule has 0 saturated heterocycles. The number of hydrogen-bond acceptors (Lipinski definition) is 3. The Morgan fingerprint density at radius 3 is 2.71 bits per heavy atom. The number of rotatable bonds is 3. The van der Waals surface area contributed by atoms with Crippen molar-refractivity contribution in [3.05, 3.63) is 64.6 Å². The molecule has 0 atom stereocenters. The van der Waals surface area contributed by atoms with Gasteiger partial charge in [0.25, 0.3) is 0 Å². The molecule has 0 aliphatic carbocycles. The van der Waals surface area contributed by atoms with Crippen molar-refractivity contribution in [3.63, 3.8) is 0 Å². The Hall–Kier alpha value is -2.46. The van der Waals surface area contributed by atoms with Gasteiger partial charge in [0.1, 0.15) is 5.82 Å². The number of esters is 1. The first kappa shape index (κ1) is 16.4. The predicted molar refractivity (Wildman–Crippen MR) is 92.8 cm³/mol. The van der Waals surface area contributed by atoms with Crippen LogP contribution in [-0.2, 0) is 4.74 Å². The maximum absolute atomic E-state index is 14.5. The van der Waals surface area contributed by atoms with Crippen molar-refractivity contribution in [1.82, 2.24) is 4.98 Å². The van der Waals surface area contributed by atoms with Crippen molar-refractivity contribution in [2.45, 2.75) is 13.8 Å². The van der Waals surface area contributed by atoms with E-state index in [1.54, 1.807) is 50.2 Å². The van der Waals surface area contributed by atoms with E-state index in [0.29, 0.717) is 32.7 Å². The van der Waals surface area contributed by atoms with E-state index in [9.17, 15) is 9.18 Å². The molecule has 0 N–H and O–H groups in total. The molecule has 0 radical (unpaired) electrons. The summed E-state index contributed by atoms with van der Waals surface area (Å²) < 4.78 is 19.6. The zero-order valence-electron chi connectivity index (χ0n) is 13.3. The Bertz CT molecular complexity index is 940. The molecular formula is C19H15ClFNO2. The third-order valence-electron chi connectivity index (χ3n) is 3.75. The van der Waals surface area contributed by atoms with Gasteiger partial charge >= 0.3 is 5.97 Å².